The Morgan fingerprint density at radius 2 is 2.09 bits per heavy atom. The van der Waals surface area contributed by atoms with Gasteiger partial charge in [0.05, 0.1) is 30.2 Å². The van der Waals surface area contributed by atoms with E-state index < -0.39 is 9.84 Å². The number of hydrogen-bond acceptors (Lipinski definition) is 5. The van der Waals surface area contributed by atoms with Gasteiger partial charge in [0.15, 0.2) is 14.9 Å². The van der Waals surface area contributed by atoms with E-state index in [-0.39, 0.29) is 29.7 Å². The second-order valence-electron chi connectivity index (χ2n) is 5.96. The number of thiocarbonyl (C=S) groups is 1. The van der Waals surface area contributed by atoms with Crippen LogP contribution in [0.3, 0.4) is 0 Å². The first kappa shape index (κ1) is 18.3. The van der Waals surface area contributed by atoms with Crippen LogP contribution >= 0.6 is 12.2 Å². The van der Waals surface area contributed by atoms with E-state index in [1.54, 1.807) is 6.92 Å². The molecule has 0 saturated carbocycles. The van der Waals surface area contributed by atoms with Crippen LogP contribution in [0.1, 0.15) is 32.6 Å². The Hall–Kier alpha value is -1.09. The Balaban J connectivity index is 1.59. The van der Waals surface area contributed by atoms with Gasteiger partial charge in [0.2, 0.25) is 0 Å². The van der Waals surface area contributed by atoms with Crippen molar-refractivity contribution in [3.05, 3.63) is 0 Å². The quantitative estimate of drug-likeness (QED) is 0.483. The van der Waals surface area contributed by atoms with E-state index in [2.05, 4.69) is 10.6 Å². The molecule has 0 bridgehead atoms. The normalized spacial score (nSPS) is 25.1. The molecule has 23 heavy (non-hydrogen) atoms. The summed E-state index contributed by atoms with van der Waals surface area (Å²) in [5, 5.41) is 6.50. The molecule has 2 fully saturated rings. The van der Waals surface area contributed by atoms with Crippen molar-refractivity contribution in [1.82, 2.24) is 15.5 Å². The Labute approximate surface area is 143 Å². The molecule has 0 aromatic heterocycles. The molecule has 2 aliphatic rings. The summed E-state index contributed by atoms with van der Waals surface area (Å²) in [4.78, 5) is 13.1. The van der Waals surface area contributed by atoms with Crippen LogP contribution in [0.15, 0.2) is 0 Å². The lowest BCUT2D eigenvalue weighted by molar-refractivity contribution is 0.152. The molecule has 2 N–H and O–H groups in total. The highest BCUT2D eigenvalue weighted by atomic mass is 32.2. The SMILES string of the molecule is CCOC(=O)NCCCCCCN1C(=S)NC2CS(=O)(=O)CC21. The van der Waals surface area contributed by atoms with E-state index in [4.69, 9.17) is 17.0 Å². The first-order valence-corrected chi connectivity index (χ1v) is 10.3. The average Bonchev–Trinajstić information content (AvgIpc) is 2.89. The summed E-state index contributed by atoms with van der Waals surface area (Å²) in [6.07, 6.45) is 3.53. The molecule has 2 atom stereocenters. The maximum absolute atomic E-state index is 11.7. The number of nitrogens with zero attached hydrogens (tertiary/aromatic N) is 1. The molecule has 0 aromatic carbocycles. The summed E-state index contributed by atoms with van der Waals surface area (Å²) in [7, 11) is -2.93. The zero-order valence-electron chi connectivity index (χ0n) is 13.4. The highest BCUT2D eigenvalue weighted by molar-refractivity contribution is 7.91. The van der Waals surface area contributed by atoms with Crippen molar-refractivity contribution in [2.24, 2.45) is 0 Å². The van der Waals surface area contributed by atoms with Crippen LogP contribution in [0, 0.1) is 0 Å². The average molecular weight is 364 g/mol. The summed E-state index contributed by atoms with van der Waals surface area (Å²) >= 11 is 5.30. The van der Waals surface area contributed by atoms with Crippen LogP contribution in [0.2, 0.25) is 0 Å². The lowest BCUT2D eigenvalue weighted by atomic mass is 10.1. The third kappa shape index (κ3) is 5.20. The number of amides is 1. The predicted molar refractivity (Wildman–Crippen MR) is 92.2 cm³/mol. The number of fused-ring (bicyclic) bond motifs is 1. The largest absolute Gasteiger partial charge is 0.450 e. The van der Waals surface area contributed by atoms with Crippen molar-refractivity contribution in [2.75, 3.05) is 31.2 Å². The minimum atomic E-state index is -2.93. The summed E-state index contributed by atoms with van der Waals surface area (Å²) in [6.45, 7) is 3.56. The molecular formula is C14H25N3O4S2. The van der Waals surface area contributed by atoms with Gasteiger partial charge in [0.1, 0.15) is 0 Å². The lowest BCUT2D eigenvalue weighted by Gasteiger charge is -2.23. The van der Waals surface area contributed by atoms with Crippen LogP contribution in [0.25, 0.3) is 0 Å². The molecule has 0 aliphatic carbocycles. The van der Waals surface area contributed by atoms with Gasteiger partial charge in [-0.3, -0.25) is 0 Å². The van der Waals surface area contributed by atoms with Crippen LogP contribution in [-0.2, 0) is 14.6 Å². The smallest absolute Gasteiger partial charge is 0.407 e. The fourth-order valence-electron chi connectivity index (χ4n) is 3.07. The molecule has 132 valence electrons. The number of rotatable bonds is 8. The fraction of sp³-hybridized carbons (Fsp3) is 0.857. The van der Waals surface area contributed by atoms with E-state index in [9.17, 15) is 13.2 Å². The van der Waals surface area contributed by atoms with Crippen molar-refractivity contribution in [3.8, 4) is 0 Å². The number of alkyl carbamates (subject to hydrolysis) is 1. The maximum atomic E-state index is 11.7. The zero-order chi connectivity index (χ0) is 16.9. The van der Waals surface area contributed by atoms with E-state index in [1.165, 1.54) is 0 Å². The van der Waals surface area contributed by atoms with Crippen LogP contribution in [-0.4, -0.2) is 67.8 Å². The molecule has 0 radical (unpaired) electrons. The Morgan fingerprint density at radius 3 is 2.83 bits per heavy atom. The molecule has 2 saturated heterocycles. The molecule has 7 nitrogen and oxygen atoms in total. The first-order chi connectivity index (χ1) is 10.9. The van der Waals surface area contributed by atoms with E-state index in [0.29, 0.717) is 18.3 Å². The van der Waals surface area contributed by atoms with Gasteiger partial charge < -0.3 is 20.3 Å². The molecular weight excluding hydrogens is 338 g/mol. The van der Waals surface area contributed by atoms with E-state index >= 15 is 0 Å². The van der Waals surface area contributed by atoms with Crippen molar-refractivity contribution >= 4 is 33.3 Å². The fourth-order valence-corrected chi connectivity index (χ4v) is 5.37. The highest BCUT2D eigenvalue weighted by Gasteiger charge is 2.46. The number of hydrogen-bond donors (Lipinski definition) is 2. The molecule has 1 amide bonds. The second kappa shape index (κ2) is 8.14. The topological polar surface area (TPSA) is 87.7 Å². The Kier molecular flexibility index (Phi) is 6.46. The van der Waals surface area contributed by atoms with E-state index in [0.717, 1.165) is 32.2 Å². The van der Waals surface area contributed by atoms with Gasteiger partial charge in [-0.1, -0.05) is 12.8 Å². The van der Waals surface area contributed by atoms with Gasteiger partial charge >= 0.3 is 6.09 Å². The van der Waals surface area contributed by atoms with Crippen molar-refractivity contribution in [1.29, 1.82) is 0 Å². The van der Waals surface area contributed by atoms with Crippen LogP contribution in [0.4, 0.5) is 4.79 Å². The summed E-state index contributed by atoms with van der Waals surface area (Å²) in [6, 6.07) is -0.0424. The van der Waals surface area contributed by atoms with Crippen LogP contribution < -0.4 is 10.6 Å². The number of ether oxygens (including phenoxy) is 1. The Bertz CT molecular complexity index is 538. The van der Waals surface area contributed by atoms with Crippen molar-refractivity contribution in [3.63, 3.8) is 0 Å². The van der Waals surface area contributed by atoms with Gasteiger partial charge in [-0.2, -0.15) is 0 Å². The van der Waals surface area contributed by atoms with Gasteiger partial charge in [-0.15, -0.1) is 0 Å². The molecule has 0 spiro atoms. The molecule has 0 aromatic rings. The molecule has 9 heteroatoms. The zero-order valence-corrected chi connectivity index (χ0v) is 15.0. The van der Waals surface area contributed by atoms with Gasteiger partial charge in [-0.25, -0.2) is 13.2 Å². The van der Waals surface area contributed by atoms with Crippen LogP contribution in [0.5, 0.6) is 0 Å². The van der Waals surface area contributed by atoms with Gasteiger partial charge in [0.25, 0.3) is 0 Å². The van der Waals surface area contributed by atoms with Crippen molar-refractivity contribution in [2.45, 2.75) is 44.7 Å². The summed E-state index contributed by atoms with van der Waals surface area (Å²) < 4.78 is 28.2. The number of carbonyl (C=O) groups excluding carboxylic acids is 1. The Morgan fingerprint density at radius 1 is 1.35 bits per heavy atom. The van der Waals surface area contributed by atoms with Crippen molar-refractivity contribution < 1.29 is 17.9 Å². The minimum absolute atomic E-state index is 0.00187. The summed E-state index contributed by atoms with van der Waals surface area (Å²) in [5.74, 6) is 0.391. The number of unbranched alkanes of at least 4 members (excludes halogenated alkanes) is 3. The number of nitrogens with one attached hydrogen (secondary N) is 2. The second-order valence-corrected chi connectivity index (χ2v) is 8.50. The van der Waals surface area contributed by atoms with Gasteiger partial charge in [-0.05, 0) is 32.0 Å². The lowest BCUT2D eigenvalue weighted by Crippen LogP contribution is -2.37. The molecule has 2 unspecified atom stereocenters. The first-order valence-electron chi connectivity index (χ1n) is 8.11. The highest BCUT2D eigenvalue weighted by Crippen LogP contribution is 2.24. The third-order valence-corrected chi connectivity index (χ3v) is 6.23. The molecule has 2 heterocycles. The number of carbonyl (C=O) groups is 1. The third-order valence-electron chi connectivity index (χ3n) is 4.16. The number of sulfone groups is 1. The molecule has 2 aliphatic heterocycles. The molecule has 2 rings (SSSR count). The van der Waals surface area contributed by atoms with Gasteiger partial charge in [0, 0.05) is 13.1 Å². The standard InChI is InChI=1S/C14H25N3O4S2/c1-2-21-14(18)15-7-5-3-4-6-8-17-12-10-23(19,20)9-11(12)16-13(17)22/h11-12H,2-10H2,1H3,(H,15,18)(H,16,22). The monoisotopic (exact) mass is 363 g/mol. The van der Waals surface area contributed by atoms with E-state index in [1.807, 2.05) is 4.90 Å². The maximum Gasteiger partial charge on any atom is 0.407 e. The predicted octanol–water partition coefficient (Wildman–Crippen LogP) is 0.649. The summed E-state index contributed by atoms with van der Waals surface area (Å²) in [5.41, 5.74) is 0. The minimum Gasteiger partial charge on any atom is -0.450 e.